The lowest BCUT2D eigenvalue weighted by atomic mass is 9.70. The fraction of sp³-hybridized carbons (Fsp3) is 0.0222. The van der Waals surface area contributed by atoms with Crippen LogP contribution >= 0.6 is 11.7 Å². The Hall–Kier alpha value is -12.0. The van der Waals surface area contributed by atoms with E-state index in [1.807, 2.05) is 0 Å². The summed E-state index contributed by atoms with van der Waals surface area (Å²) in [4.78, 5) is 2.38. The standard InChI is InChI=1S/C90H54N4S/c1-2-20-62(21-3-1)94-84-48-40-61(51-74(84)75-50-57-18-4-5-19-58(57)54-86(75)94)65-47-49-85(88-87(65)91-95-92-88)93(63-41-34-55(35-42-63)59-38-45-72-70-26-10-16-32-80(70)89(82(72)52-59)76-28-12-6-22-66(76)67-23-7-13-29-77(67)89)64-43-36-56(37-44-64)60-39-46-73-71-27-11-17-33-81(71)90(83(73)53-60)78-30-14-8-24-68(78)69-25-9-15-31-79(69)90/h1-54H. The molecule has 17 aromatic rings. The zero-order valence-electron chi connectivity index (χ0n) is 51.4. The van der Waals surface area contributed by atoms with E-state index in [1.54, 1.807) is 0 Å². The van der Waals surface area contributed by atoms with Gasteiger partial charge in [0.05, 0.1) is 39.3 Å². The van der Waals surface area contributed by atoms with Crippen molar-refractivity contribution in [3.63, 3.8) is 0 Å². The molecule has 0 saturated heterocycles. The minimum absolute atomic E-state index is 0.432. The number of benzene rings is 15. The lowest BCUT2D eigenvalue weighted by Gasteiger charge is -2.30. The van der Waals surface area contributed by atoms with Crippen LogP contribution in [0.1, 0.15) is 44.5 Å². The molecule has 2 aromatic heterocycles. The van der Waals surface area contributed by atoms with Crippen LogP contribution in [0, 0.1) is 0 Å². The Morgan fingerprint density at radius 3 is 1.13 bits per heavy atom. The second-order valence-electron chi connectivity index (χ2n) is 25.9. The van der Waals surface area contributed by atoms with Gasteiger partial charge in [-0.05, 0) is 213 Å². The summed E-state index contributed by atoms with van der Waals surface area (Å²) in [5, 5.41) is 4.84. The normalized spacial score (nSPS) is 13.6. The molecule has 0 unspecified atom stereocenters. The molecule has 2 heterocycles. The average molecular weight is 1220 g/mol. The predicted octanol–water partition coefficient (Wildman–Crippen LogP) is 23.1. The zero-order valence-corrected chi connectivity index (χ0v) is 52.2. The zero-order chi connectivity index (χ0) is 62.1. The van der Waals surface area contributed by atoms with Crippen molar-refractivity contribution in [2.24, 2.45) is 0 Å². The summed E-state index contributed by atoms with van der Waals surface area (Å²) in [5.41, 5.74) is 35.2. The number of hydrogen-bond acceptors (Lipinski definition) is 4. The maximum absolute atomic E-state index is 5.22. The fourth-order valence-corrected chi connectivity index (χ4v) is 18.1. The van der Waals surface area contributed by atoms with Crippen LogP contribution in [0.5, 0.6) is 0 Å². The van der Waals surface area contributed by atoms with E-state index in [-0.39, 0.29) is 0 Å². The van der Waals surface area contributed by atoms with Crippen molar-refractivity contribution in [3.8, 4) is 83.6 Å². The average Bonchev–Trinajstić information content (AvgIpc) is 1.52. The first-order valence-corrected chi connectivity index (χ1v) is 33.5. The van der Waals surface area contributed by atoms with E-state index in [1.165, 1.54) is 139 Å². The number of para-hydroxylation sites is 1. The molecular formula is C90H54N4S. The van der Waals surface area contributed by atoms with Crippen LogP contribution < -0.4 is 4.90 Å². The number of rotatable bonds is 7. The van der Waals surface area contributed by atoms with Crippen LogP contribution in [0.25, 0.3) is 127 Å². The largest absolute Gasteiger partial charge is 0.309 e. The van der Waals surface area contributed by atoms with E-state index >= 15 is 0 Å². The molecule has 95 heavy (non-hydrogen) atoms. The van der Waals surface area contributed by atoms with Gasteiger partial charge in [-0.25, -0.2) is 0 Å². The maximum atomic E-state index is 5.22. The Morgan fingerprint density at radius 1 is 0.263 bits per heavy atom. The smallest absolute Gasteiger partial charge is 0.129 e. The number of fused-ring (bicyclic) bond motifs is 25. The number of aromatic nitrogens is 3. The fourth-order valence-electron chi connectivity index (χ4n) is 17.6. The highest BCUT2D eigenvalue weighted by Gasteiger charge is 2.53. The Labute approximate surface area is 553 Å². The number of hydrogen-bond donors (Lipinski definition) is 0. The first-order valence-electron chi connectivity index (χ1n) is 32.8. The van der Waals surface area contributed by atoms with Gasteiger partial charge in [0.15, 0.2) is 0 Å². The molecule has 0 saturated carbocycles. The van der Waals surface area contributed by atoms with Crippen molar-refractivity contribution in [2.75, 3.05) is 4.90 Å². The number of anilines is 3. The molecule has 2 spiro atoms. The Morgan fingerprint density at radius 2 is 0.642 bits per heavy atom. The van der Waals surface area contributed by atoms with Gasteiger partial charge in [0.1, 0.15) is 11.0 Å². The van der Waals surface area contributed by atoms with Crippen molar-refractivity contribution >= 4 is 72.4 Å². The molecule has 0 N–H and O–H groups in total. The predicted molar refractivity (Wildman–Crippen MR) is 393 cm³/mol. The van der Waals surface area contributed by atoms with E-state index in [2.05, 4.69) is 337 Å². The molecule has 15 aromatic carbocycles. The van der Waals surface area contributed by atoms with Crippen molar-refractivity contribution < 1.29 is 0 Å². The molecule has 0 radical (unpaired) electrons. The van der Waals surface area contributed by atoms with Gasteiger partial charge in [-0.3, -0.25) is 0 Å². The first kappa shape index (κ1) is 52.6. The highest BCUT2D eigenvalue weighted by molar-refractivity contribution is 7.00. The van der Waals surface area contributed by atoms with Crippen LogP contribution in [0.3, 0.4) is 0 Å². The summed E-state index contributed by atoms with van der Waals surface area (Å²) in [6, 6.07) is 123. The summed E-state index contributed by atoms with van der Waals surface area (Å²) in [5.74, 6) is 0. The third-order valence-corrected chi connectivity index (χ3v) is 22.0. The van der Waals surface area contributed by atoms with E-state index in [0.717, 1.165) is 61.6 Å². The van der Waals surface area contributed by atoms with Crippen molar-refractivity contribution in [1.82, 2.24) is 13.3 Å². The summed E-state index contributed by atoms with van der Waals surface area (Å²) in [6.07, 6.45) is 0. The van der Waals surface area contributed by atoms with Crippen LogP contribution in [0.15, 0.2) is 328 Å². The number of nitrogens with zero attached hydrogens (tertiary/aromatic N) is 4. The van der Waals surface area contributed by atoms with E-state index < -0.39 is 10.8 Å². The van der Waals surface area contributed by atoms with Crippen LogP contribution in [-0.4, -0.2) is 13.3 Å². The summed E-state index contributed by atoms with van der Waals surface area (Å²) >= 11 is 1.27. The molecule has 21 rings (SSSR count). The molecule has 0 atom stereocenters. The van der Waals surface area contributed by atoms with E-state index in [0.29, 0.717) is 0 Å². The SMILES string of the molecule is c1ccc(-n2c3ccc(-c4ccc(N(c5ccc(-c6ccc7c(c6)C6(c8ccccc8-c8ccccc86)c6ccccc6-7)cc5)c5ccc(-c6ccc7c(c6)C6(c8ccccc8-c8ccccc86)c6ccccc6-7)cc5)c5nsnc45)cc3c3cc4ccccc4cc32)cc1. The molecule has 0 bridgehead atoms. The maximum Gasteiger partial charge on any atom is 0.129 e. The third kappa shape index (κ3) is 7.14. The quantitative estimate of drug-likeness (QED) is 0.159. The molecule has 0 fully saturated rings. The van der Waals surface area contributed by atoms with Gasteiger partial charge in [-0.2, -0.15) is 8.75 Å². The summed E-state index contributed by atoms with van der Waals surface area (Å²) < 4.78 is 12.8. The molecule has 4 nitrogen and oxygen atoms in total. The highest BCUT2D eigenvalue weighted by Crippen LogP contribution is 2.65. The van der Waals surface area contributed by atoms with Gasteiger partial charge in [0, 0.05) is 33.4 Å². The van der Waals surface area contributed by atoms with Crippen molar-refractivity contribution in [2.45, 2.75) is 10.8 Å². The van der Waals surface area contributed by atoms with Gasteiger partial charge in [0.25, 0.3) is 0 Å². The Bertz CT molecular complexity index is 5750. The van der Waals surface area contributed by atoms with Gasteiger partial charge in [-0.15, -0.1) is 0 Å². The van der Waals surface area contributed by atoms with Crippen LogP contribution in [0.4, 0.5) is 17.1 Å². The monoisotopic (exact) mass is 1220 g/mol. The van der Waals surface area contributed by atoms with Crippen LogP contribution in [-0.2, 0) is 10.8 Å². The summed E-state index contributed by atoms with van der Waals surface area (Å²) in [7, 11) is 0. The molecular weight excluding hydrogens is 1170 g/mol. The van der Waals surface area contributed by atoms with Crippen molar-refractivity contribution in [1.29, 1.82) is 0 Å². The Balaban J connectivity index is 0.710. The molecule has 4 aliphatic rings. The highest BCUT2D eigenvalue weighted by atomic mass is 32.1. The van der Waals surface area contributed by atoms with E-state index in [9.17, 15) is 0 Å². The second-order valence-corrected chi connectivity index (χ2v) is 26.5. The lowest BCUT2D eigenvalue weighted by Crippen LogP contribution is -2.25. The van der Waals surface area contributed by atoms with Crippen LogP contribution in [0.2, 0.25) is 0 Å². The van der Waals surface area contributed by atoms with Crippen molar-refractivity contribution in [3.05, 3.63) is 372 Å². The second kappa shape index (κ2) is 19.8. The topological polar surface area (TPSA) is 34.0 Å². The summed E-state index contributed by atoms with van der Waals surface area (Å²) in [6.45, 7) is 0. The molecule has 4 aliphatic carbocycles. The van der Waals surface area contributed by atoms with Gasteiger partial charge < -0.3 is 9.47 Å². The molecule has 5 heteroatoms. The van der Waals surface area contributed by atoms with E-state index in [4.69, 9.17) is 8.75 Å². The minimum Gasteiger partial charge on any atom is -0.309 e. The first-order chi connectivity index (χ1) is 47.1. The Kier molecular flexibility index (Phi) is 10.9. The molecule has 0 amide bonds. The van der Waals surface area contributed by atoms with Gasteiger partial charge in [0.2, 0.25) is 0 Å². The van der Waals surface area contributed by atoms with Gasteiger partial charge >= 0.3 is 0 Å². The lowest BCUT2D eigenvalue weighted by molar-refractivity contribution is 0.794. The molecule has 0 aliphatic heterocycles. The third-order valence-electron chi connectivity index (χ3n) is 21.5. The minimum atomic E-state index is -0.432. The molecule has 440 valence electrons. The van der Waals surface area contributed by atoms with Gasteiger partial charge in [-0.1, -0.05) is 243 Å².